The number of H-pyrrole nitrogens is 1. The Morgan fingerprint density at radius 3 is 2.57 bits per heavy atom. The van der Waals surface area contributed by atoms with Crippen molar-refractivity contribution in [1.82, 2.24) is 9.97 Å². The molecule has 0 spiro atoms. The van der Waals surface area contributed by atoms with Crippen molar-refractivity contribution >= 4 is 21.6 Å². The molecular formula is C23H24N3OS+. The van der Waals surface area contributed by atoms with E-state index in [1.807, 2.05) is 24.3 Å². The molecular weight excluding hydrogens is 366 g/mol. The van der Waals surface area contributed by atoms with Gasteiger partial charge in [0, 0.05) is 10.4 Å². The molecule has 0 saturated carbocycles. The van der Waals surface area contributed by atoms with Gasteiger partial charge in [0.15, 0.2) is 5.82 Å². The van der Waals surface area contributed by atoms with Crippen molar-refractivity contribution in [2.45, 2.75) is 26.9 Å². The van der Waals surface area contributed by atoms with Gasteiger partial charge in [0.25, 0.3) is 5.56 Å². The van der Waals surface area contributed by atoms with Crippen molar-refractivity contribution in [3.05, 3.63) is 87.5 Å². The van der Waals surface area contributed by atoms with Crippen LogP contribution < -0.4 is 10.5 Å². The Balaban J connectivity index is 1.58. The molecule has 0 saturated heterocycles. The summed E-state index contributed by atoms with van der Waals surface area (Å²) in [6.07, 6.45) is 0. The Morgan fingerprint density at radius 1 is 1.04 bits per heavy atom. The lowest BCUT2D eigenvalue weighted by Gasteiger charge is -2.15. The standard InChI is InChI=1S/C23H23N3OS/c1-15-9-10-18(16(2)11-15)13-26(3)14-21-24-22(27)19-12-20(28-23(19)25-21)17-7-5-4-6-8-17/h4-12H,13-14H2,1-3H3,(H,24,25,27)/p+1. The molecule has 2 heterocycles. The molecule has 4 aromatic rings. The maximum atomic E-state index is 12.6. The maximum Gasteiger partial charge on any atom is 0.259 e. The summed E-state index contributed by atoms with van der Waals surface area (Å²) < 4.78 is 0. The minimum atomic E-state index is -0.0576. The molecule has 4 rings (SSSR count). The molecule has 1 unspecified atom stereocenters. The van der Waals surface area contributed by atoms with Crippen LogP contribution in [0.25, 0.3) is 20.7 Å². The summed E-state index contributed by atoms with van der Waals surface area (Å²) in [6.45, 7) is 5.84. The number of hydrogen-bond acceptors (Lipinski definition) is 3. The first kappa shape index (κ1) is 18.6. The van der Waals surface area contributed by atoms with Crippen LogP contribution in [0.5, 0.6) is 0 Å². The second-order valence-corrected chi connectivity index (χ2v) is 8.48. The molecule has 0 fully saturated rings. The third-order valence-electron chi connectivity index (χ3n) is 4.97. The van der Waals surface area contributed by atoms with E-state index in [4.69, 9.17) is 4.98 Å². The highest BCUT2D eigenvalue weighted by atomic mass is 32.1. The van der Waals surface area contributed by atoms with E-state index >= 15 is 0 Å². The first-order valence-corrected chi connectivity index (χ1v) is 10.3. The number of rotatable bonds is 5. The number of quaternary nitrogens is 1. The van der Waals surface area contributed by atoms with Gasteiger partial charge in [-0.1, -0.05) is 54.1 Å². The monoisotopic (exact) mass is 390 g/mol. The first-order valence-electron chi connectivity index (χ1n) is 9.45. The fourth-order valence-electron chi connectivity index (χ4n) is 3.52. The third kappa shape index (κ3) is 3.91. The highest BCUT2D eigenvalue weighted by molar-refractivity contribution is 7.21. The molecule has 0 aliphatic carbocycles. The molecule has 0 amide bonds. The van der Waals surface area contributed by atoms with Gasteiger partial charge in [-0.15, -0.1) is 11.3 Å². The molecule has 2 N–H and O–H groups in total. The zero-order valence-corrected chi connectivity index (χ0v) is 17.2. The number of aromatic nitrogens is 2. The number of hydrogen-bond donors (Lipinski definition) is 2. The maximum absolute atomic E-state index is 12.6. The van der Waals surface area contributed by atoms with Gasteiger partial charge >= 0.3 is 0 Å². The van der Waals surface area contributed by atoms with Crippen molar-refractivity contribution in [2.75, 3.05) is 7.05 Å². The number of nitrogens with one attached hydrogen (secondary N) is 2. The van der Waals surface area contributed by atoms with Crippen molar-refractivity contribution < 1.29 is 4.90 Å². The van der Waals surface area contributed by atoms with Crippen LogP contribution in [-0.2, 0) is 13.1 Å². The molecule has 0 bridgehead atoms. The van der Waals surface area contributed by atoms with Crippen LogP contribution in [-0.4, -0.2) is 17.0 Å². The van der Waals surface area contributed by atoms with E-state index in [0.29, 0.717) is 11.9 Å². The molecule has 142 valence electrons. The first-order chi connectivity index (χ1) is 13.5. The lowest BCUT2D eigenvalue weighted by atomic mass is 10.1. The molecule has 1 atom stereocenters. The van der Waals surface area contributed by atoms with E-state index in [1.165, 1.54) is 21.6 Å². The fourth-order valence-corrected chi connectivity index (χ4v) is 4.58. The van der Waals surface area contributed by atoms with Crippen LogP contribution in [0.15, 0.2) is 59.4 Å². The minimum absolute atomic E-state index is 0.0576. The Labute approximate surface area is 168 Å². The van der Waals surface area contributed by atoms with E-state index in [0.717, 1.165) is 27.6 Å². The van der Waals surface area contributed by atoms with Crippen LogP contribution >= 0.6 is 11.3 Å². The predicted molar refractivity (Wildman–Crippen MR) is 116 cm³/mol. The van der Waals surface area contributed by atoms with Crippen LogP contribution in [0.1, 0.15) is 22.5 Å². The zero-order chi connectivity index (χ0) is 19.7. The van der Waals surface area contributed by atoms with E-state index in [9.17, 15) is 4.79 Å². The summed E-state index contributed by atoms with van der Waals surface area (Å²) in [6, 6.07) is 18.6. The Kier molecular flexibility index (Phi) is 5.11. The number of fused-ring (bicyclic) bond motifs is 1. The summed E-state index contributed by atoms with van der Waals surface area (Å²) in [7, 11) is 2.13. The number of aromatic amines is 1. The average Bonchev–Trinajstić information content (AvgIpc) is 3.09. The minimum Gasteiger partial charge on any atom is -0.327 e. The molecule has 0 radical (unpaired) electrons. The molecule has 2 aromatic heterocycles. The highest BCUT2D eigenvalue weighted by Gasteiger charge is 2.13. The SMILES string of the molecule is Cc1ccc(C[NH+](C)Cc2nc3sc(-c4ccccc4)cc3c(=O)[nH]2)c(C)c1. The molecule has 28 heavy (non-hydrogen) atoms. The van der Waals surface area contributed by atoms with E-state index in [-0.39, 0.29) is 5.56 Å². The Hall–Kier alpha value is -2.76. The molecule has 2 aromatic carbocycles. The van der Waals surface area contributed by atoms with Gasteiger partial charge in [0.2, 0.25) is 0 Å². The normalized spacial score (nSPS) is 12.4. The summed E-state index contributed by atoms with van der Waals surface area (Å²) in [4.78, 5) is 23.5. The summed E-state index contributed by atoms with van der Waals surface area (Å²) in [5, 5.41) is 0.666. The van der Waals surface area contributed by atoms with E-state index < -0.39 is 0 Å². The van der Waals surface area contributed by atoms with Gasteiger partial charge in [0.1, 0.15) is 17.9 Å². The topological polar surface area (TPSA) is 50.2 Å². The van der Waals surface area contributed by atoms with Gasteiger partial charge in [0.05, 0.1) is 12.4 Å². The zero-order valence-electron chi connectivity index (χ0n) is 16.4. The van der Waals surface area contributed by atoms with Gasteiger partial charge in [-0.2, -0.15) is 0 Å². The summed E-state index contributed by atoms with van der Waals surface area (Å²) in [5.74, 6) is 0.737. The lowest BCUT2D eigenvalue weighted by Crippen LogP contribution is -3.06. The molecule has 4 nitrogen and oxygen atoms in total. The van der Waals surface area contributed by atoms with Crippen LogP contribution in [0.3, 0.4) is 0 Å². The number of benzene rings is 2. The smallest absolute Gasteiger partial charge is 0.259 e. The summed E-state index contributed by atoms with van der Waals surface area (Å²) >= 11 is 1.57. The van der Waals surface area contributed by atoms with Crippen molar-refractivity contribution in [1.29, 1.82) is 0 Å². The van der Waals surface area contributed by atoms with Gasteiger partial charge in [-0.05, 0) is 31.0 Å². The van der Waals surface area contributed by atoms with E-state index in [1.54, 1.807) is 11.3 Å². The van der Waals surface area contributed by atoms with Crippen LogP contribution in [0.2, 0.25) is 0 Å². The second-order valence-electron chi connectivity index (χ2n) is 7.45. The Morgan fingerprint density at radius 2 is 1.82 bits per heavy atom. The fraction of sp³-hybridized carbons (Fsp3) is 0.217. The number of nitrogens with zero attached hydrogens (tertiary/aromatic N) is 1. The molecule has 5 heteroatoms. The van der Waals surface area contributed by atoms with Gasteiger partial charge in [-0.25, -0.2) is 4.98 Å². The van der Waals surface area contributed by atoms with Crippen molar-refractivity contribution in [2.24, 2.45) is 0 Å². The number of aryl methyl sites for hydroxylation is 2. The van der Waals surface area contributed by atoms with Crippen LogP contribution in [0.4, 0.5) is 0 Å². The number of thiophene rings is 1. The summed E-state index contributed by atoms with van der Waals surface area (Å²) in [5.41, 5.74) is 4.97. The average molecular weight is 391 g/mol. The third-order valence-corrected chi connectivity index (χ3v) is 6.05. The van der Waals surface area contributed by atoms with Gasteiger partial charge < -0.3 is 9.88 Å². The molecule has 0 aliphatic rings. The lowest BCUT2D eigenvalue weighted by molar-refractivity contribution is -0.908. The van der Waals surface area contributed by atoms with Gasteiger partial charge in [-0.3, -0.25) is 4.79 Å². The second kappa shape index (κ2) is 7.70. The predicted octanol–water partition coefficient (Wildman–Crippen LogP) is 3.48. The van der Waals surface area contributed by atoms with Crippen molar-refractivity contribution in [3.8, 4) is 10.4 Å². The largest absolute Gasteiger partial charge is 0.327 e. The van der Waals surface area contributed by atoms with Crippen LogP contribution in [0, 0.1) is 13.8 Å². The quantitative estimate of drug-likeness (QED) is 0.548. The van der Waals surface area contributed by atoms with Crippen molar-refractivity contribution in [3.63, 3.8) is 0 Å². The Bertz CT molecular complexity index is 1180. The molecule has 0 aliphatic heterocycles. The highest BCUT2D eigenvalue weighted by Crippen LogP contribution is 2.30. The van der Waals surface area contributed by atoms with E-state index in [2.05, 4.69) is 56.2 Å².